The number of aryl methyl sites for hydroxylation is 1. The summed E-state index contributed by atoms with van der Waals surface area (Å²) in [7, 11) is 0. The van der Waals surface area contributed by atoms with E-state index in [9.17, 15) is 4.79 Å². The molecule has 0 spiro atoms. The largest absolute Gasteiger partial charge is 0.323 e. The van der Waals surface area contributed by atoms with Gasteiger partial charge < -0.3 is 11.1 Å². The zero-order valence-electron chi connectivity index (χ0n) is 11.0. The number of nitrogens with two attached hydrogens (primary N) is 1. The predicted molar refractivity (Wildman–Crippen MR) is 78.2 cm³/mol. The molecule has 0 fully saturated rings. The molecule has 5 heteroatoms. The molecular weight excluding hydrogens is 258 g/mol. The zero-order chi connectivity index (χ0) is 13.8. The fourth-order valence-corrected chi connectivity index (χ4v) is 2.53. The number of nitrogens with zero attached hydrogens (tertiary/aromatic N) is 1. The maximum absolute atomic E-state index is 11.9. The summed E-state index contributed by atoms with van der Waals surface area (Å²) in [5, 5.41) is 5.28. The Labute approximate surface area is 116 Å². The molecule has 0 aliphatic carbocycles. The number of carbonyl (C=O) groups excluding carboxylic acids is 1. The van der Waals surface area contributed by atoms with Gasteiger partial charge in [-0.3, -0.25) is 4.79 Å². The van der Waals surface area contributed by atoms with Crippen LogP contribution in [0.2, 0.25) is 0 Å². The first kappa shape index (κ1) is 13.7. The van der Waals surface area contributed by atoms with Crippen LogP contribution in [0.4, 0.5) is 5.13 Å². The third kappa shape index (κ3) is 3.62. The number of hydrogen-bond donors (Lipinski definition) is 2. The molecule has 0 radical (unpaired) electrons. The minimum Gasteiger partial charge on any atom is -0.323 e. The molecule has 0 saturated heterocycles. The molecule has 1 amide bonds. The van der Waals surface area contributed by atoms with Gasteiger partial charge in [0.15, 0.2) is 5.13 Å². The van der Waals surface area contributed by atoms with E-state index in [1.165, 1.54) is 11.3 Å². The predicted octanol–water partition coefficient (Wildman–Crippen LogP) is 2.65. The molecule has 0 saturated carbocycles. The molecule has 4 nitrogen and oxygen atoms in total. The Morgan fingerprint density at radius 3 is 2.84 bits per heavy atom. The fraction of sp³-hybridized carbons (Fsp3) is 0.286. The van der Waals surface area contributed by atoms with Gasteiger partial charge >= 0.3 is 0 Å². The van der Waals surface area contributed by atoms with Crippen LogP contribution in [-0.2, 0) is 11.2 Å². The maximum atomic E-state index is 11.9. The average Bonchev–Trinajstić information content (AvgIpc) is 2.80. The third-order valence-electron chi connectivity index (χ3n) is 2.85. The molecule has 1 aromatic carbocycles. The number of hydrogen-bond acceptors (Lipinski definition) is 4. The number of thiazole rings is 1. The molecule has 2 aromatic rings. The standard InChI is InChI=1S/C14H17N3OS/c1-9-5-3-4-6-11(9)7-13(18)17-14-16-12(8-19-14)10(2)15/h3-6,8,10H,7,15H2,1-2H3,(H,16,17,18). The summed E-state index contributed by atoms with van der Waals surface area (Å²) in [6.07, 6.45) is 0.361. The van der Waals surface area contributed by atoms with Crippen LogP contribution < -0.4 is 11.1 Å². The maximum Gasteiger partial charge on any atom is 0.230 e. The number of benzene rings is 1. The lowest BCUT2D eigenvalue weighted by atomic mass is 10.1. The topological polar surface area (TPSA) is 68.0 Å². The number of aromatic nitrogens is 1. The van der Waals surface area contributed by atoms with E-state index in [-0.39, 0.29) is 11.9 Å². The van der Waals surface area contributed by atoms with Crippen LogP contribution >= 0.6 is 11.3 Å². The van der Waals surface area contributed by atoms with Crippen LogP contribution in [0.5, 0.6) is 0 Å². The third-order valence-corrected chi connectivity index (χ3v) is 3.62. The van der Waals surface area contributed by atoms with Gasteiger partial charge in [0.05, 0.1) is 12.1 Å². The van der Waals surface area contributed by atoms with Gasteiger partial charge in [0.2, 0.25) is 5.91 Å². The second-order valence-electron chi connectivity index (χ2n) is 4.52. The Hall–Kier alpha value is -1.72. The first-order chi connectivity index (χ1) is 9.06. The van der Waals surface area contributed by atoms with Crippen LogP contribution in [0.3, 0.4) is 0 Å². The van der Waals surface area contributed by atoms with Crippen molar-refractivity contribution >= 4 is 22.4 Å². The lowest BCUT2D eigenvalue weighted by Crippen LogP contribution is -2.15. The summed E-state index contributed by atoms with van der Waals surface area (Å²) < 4.78 is 0. The SMILES string of the molecule is Cc1ccccc1CC(=O)Nc1nc(C(C)N)cs1. The van der Waals surface area contributed by atoms with Crippen molar-refractivity contribution < 1.29 is 4.79 Å². The first-order valence-electron chi connectivity index (χ1n) is 6.11. The van der Waals surface area contributed by atoms with Gasteiger partial charge in [-0.1, -0.05) is 24.3 Å². The van der Waals surface area contributed by atoms with Crippen LogP contribution in [0.1, 0.15) is 29.8 Å². The highest BCUT2D eigenvalue weighted by atomic mass is 32.1. The van der Waals surface area contributed by atoms with E-state index in [1.807, 2.05) is 43.5 Å². The molecular formula is C14H17N3OS. The van der Waals surface area contributed by atoms with E-state index in [1.54, 1.807) is 0 Å². The van der Waals surface area contributed by atoms with E-state index in [0.29, 0.717) is 11.6 Å². The smallest absolute Gasteiger partial charge is 0.230 e. The Balaban J connectivity index is 1.99. The van der Waals surface area contributed by atoms with E-state index in [2.05, 4.69) is 10.3 Å². The molecule has 1 aromatic heterocycles. The van der Waals surface area contributed by atoms with Crippen molar-refractivity contribution in [2.45, 2.75) is 26.3 Å². The summed E-state index contributed by atoms with van der Waals surface area (Å²) in [6.45, 7) is 3.87. The monoisotopic (exact) mass is 275 g/mol. The van der Waals surface area contributed by atoms with Crippen molar-refractivity contribution in [3.63, 3.8) is 0 Å². The fourth-order valence-electron chi connectivity index (χ4n) is 1.70. The summed E-state index contributed by atoms with van der Waals surface area (Å²) in [5.41, 5.74) is 8.68. The molecule has 100 valence electrons. The Morgan fingerprint density at radius 2 is 2.21 bits per heavy atom. The van der Waals surface area contributed by atoms with E-state index >= 15 is 0 Å². The summed E-state index contributed by atoms with van der Waals surface area (Å²) in [4.78, 5) is 16.2. The number of rotatable bonds is 4. The van der Waals surface area contributed by atoms with Crippen LogP contribution in [-0.4, -0.2) is 10.9 Å². The number of carbonyl (C=O) groups is 1. The van der Waals surface area contributed by atoms with Crippen molar-refractivity contribution in [1.29, 1.82) is 0 Å². The van der Waals surface area contributed by atoms with Gasteiger partial charge in [-0.05, 0) is 25.0 Å². The minimum absolute atomic E-state index is 0.0557. The highest BCUT2D eigenvalue weighted by Gasteiger charge is 2.10. The highest BCUT2D eigenvalue weighted by molar-refractivity contribution is 7.13. The van der Waals surface area contributed by atoms with Crippen LogP contribution in [0, 0.1) is 6.92 Å². The van der Waals surface area contributed by atoms with Gasteiger partial charge in [0.25, 0.3) is 0 Å². The number of amides is 1. The van der Waals surface area contributed by atoms with Gasteiger partial charge in [-0.25, -0.2) is 4.98 Å². The lowest BCUT2D eigenvalue weighted by Gasteiger charge is -2.05. The molecule has 2 rings (SSSR count). The second kappa shape index (κ2) is 5.95. The van der Waals surface area contributed by atoms with E-state index in [4.69, 9.17) is 5.73 Å². The van der Waals surface area contributed by atoms with E-state index < -0.39 is 0 Å². The number of nitrogens with one attached hydrogen (secondary N) is 1. The molecule has 1 heterocycles. The van der Waals surface area contributed by atoms with Crippen LogP contribution in [0.15, 0.2) is 29.6 Å². The normalized spacial score (nSPS) is 12.2. The molecule has 0 aliphatic heterocycles. The molecule has 1 unspecified atom stereocenters. The summed E-state index contributed by atoms with van der Waals surface area (Å²) >= 11 is 1.40. The molecule has 3 N–H and O–H groups in total. The van der Waals surface area contributed by atoms with Gasteiger partial charge in [-0.15, -0.1) is 11.3 Å². The minimum atomic E-state index is -0.113. The Kier molecular flexibility index (Phi) is 4.29. The van der Waals surface area contributed by atoms with Gasteiger partial charge in [0.1, 0.15) is 0 Å². The first-order valence-corrected chi connectivity index (χ1v) is 6.99. The van der Waals surface area contributed by atoms with Crippen molar-refractivity contribution in [3.05, 3.63) is 46.5 Å². The van der Waals surface area contributed by atoms with Gasteiger partial charge in [0, 0.05) is 11.4 Å². The van der Waals surface area contributed by atoms with Crippen molar-refractivity contribution in [2.24, 2.45) is 5.73 Å². The van der Waals surface area contributed by atoms with Gasteiger partial charge in [-0.2, -0.15) is 0 Å². The summed E-state index contributed by atoms with van der Waals surface area (Å²) in [6, 6.07) is 7.75. The second-order valence-corrected chi connectivity index (χ2v) is 5.38. The number of anilines is 1. The van der Waals surface area contributed by atoms with Crippen molar-refractivity contribution in [2.75, 3.05) is 5.32 Å². The van der Waals surface area contributed by atoms with Crippen LogP contribution in [0.25, 0.3) is 0 Å². The molecule has 0 bridgehead atoms. The average molecular weight is 275 g/mol. The van der Waals surface area contributed by atoms with E-state index in [0.717, 1.165) is 16.8 Å². The lowest BCUT2D eigenvalue weighted by molar-refractivity contribution is -0.115. The highest BCUT2D eigenvalue weighted by Crippen LogP contribution is 2.19. The summed E-state index contributed by atoms with van der Waals surface area (Å²) in [5.74, 6) is -0.0557. The Morgan fingerprint density at radius 1 is 1.47 bits per heavy atom. The van der Waals surface area contributed by atoms with Crippen molar-refractivity contribution in [1.82, 2.24) is 4.98 Å². The zero-order valence-corrected chi connectivity index (χ0v) is 11.8. The molecule has 0 aliphatic rings. The van der Waals surface area contributed by atoms with Crippen molar-refractivity contribution in [3.8, 4) is 0 Å². The molecule has 19 heavy (non-hydrogen) atoms. The quantitative estimate of drug-likeness (QED) is 0.901. The molecule has 1 atom stereocenters. The Bertz CT molecular complexity index is 578.